The molecule has 0 amide bonds. The Labute approximate surface area is 93.5 Å². The van der Waals surface area contributed by atoms with Gasteiger partial charge in [0.05, 0.1) is 0 Å². The lowest BCUT2D eigenvalue weighted by Crippen LogP contribution is -2.28. The molecule has 1 aromatic carbocycles. The van der Waals surface area contributed by atoms with Crippen LogP contribution in [0.4, 0.5) is 10.1 Å². The number of likely N-dealkylation sites (N-methyl/N-ethyl adjacent to an activating group) is 1. The molecule has 1 aromatic rings. The number of carboxylic acid groups (broad SMARTS) is 1. The van der Waals surface area contributed by atoms with E-state index in [0.717, 1.165) is 17.7 Å². The van der Waals surface area contributed by atoms with Crippen LogP contribution in [0.15, 0.2) is 18.2 Å². The predicted molar refractivity (Wildman–Crippen MR) is 59.2 cm³/mol. The van der Waals surface area contributed by atoms with E-state index in [9.17, 15) is 9.18 Å². The number of hydrogen-bond acceptors (Lipinski definition) is 2. The third-order valence-electron chi connectivity index (χ3n) is 3.12. The molecular weight excluding hydrogens is 209 g/mol. The Morgan fingerprint density at radius 3 is 3.06 bits per heavy atom. The van der Waals surface area contributed by atoms with Crippen LogP contribution < -0.4 is 4.90 Å². The van der Waals surface area contributed by atoms with Crippen LogP contribution in [-0.4, -0.2) is 24.2 Å². The number of anilines is 1. The number of aliphatic carboxylic acids is 1. The Balaban J connectivity index is 2.11. The SMILES string of the molecule is CN1c2cc(F)ccc2CC1CCC(=O)O. The van der Waals surface area contributed by atoms with E-state index < -0.39 is 5.97 Å². The lowest BCUT2D eigenvalue weighted by molar-refractivity contribution is -0.137. The van der Waals surface area contributed by atoms with Gasteiger partial charge in [-0.2, -0.15) is 0 Å². The zero-order chi connectivity index (χ0) is 11.7. The molecule has 0 spiro atoms. The van der Waals surface area contributed by atoms with Crippen LogP contribution in [0.3, 0.4) is 0 Å². The quantitative estimate of drug-likeness (QED) is 0.852. The Hall–Kier alpha value is -1.58. The van der Waals surface area contributed by atoms with E-state index in [-0.39, 0.29) is 18.3 Å². The molecule has 0 saturated heterocycles. The van der Waals surface area contributed by atoms with Crippen molar-refractivity contribution in [2.24, 2.45) is 0 Å². The largest absolute Gasteiger partial charge is 0.481 e. The predicted octanol–water partition coefficient (Wildman–Crippen LogP) is 2.05. The van der Waals surface area contributed by atoms with Gasteiger partial charge in [0, 0.05) is 25.2 Å². The van der Waals surface area contributed by atoms with E-state index in [4.69, 9.17) is 5.11 Å². The second-order valence-corrected chi connectivity index (χ2v) is 4.17. The molecule has 0 bridgehead atoms. The normalized spacial score (nSPS) is 18.6. The number of fused-ring (bicyclic) bond motifs is 1. The summed E-state index contributed by atoms with van der Waals surface area (Å²) in [5, 5.41) is 8.64. The summed E-state index contributed by atoms with van der Waals surface area (Å²) in [7, 11) is 1.89. The fourth-order valence-electron chi connectivity index (χ4n) is 2.21. The third-order valence-corrected chi connectivity index (χ3v) is 3.12. The zero-order valence-corrected chi connectivity index (χ0v) is 9.11. The fourth-order valence-corrected chi connectivity index (χ4v) is 2.21. The van der Waals surface area contributed by atoms with Gasteiger partial charge >= 0.3 is 5.97 Å². The minimum absolute atomic E-state index is 0.158. The van der Waals surface area contributed by atoms with Crippen LogP contribution in [0.2, 0.25) is 0 Å². The highest BCUT2D eigenvalue weighted by Crippen LogP contribution is 2.33. The van der Waals surface area contributed by atoms with Crippen molar-refractivity contribution in [2.75, 3.05) is 11.9 Å². The third kappa shape index (κ3) is 2.01. The molecule has 1 atom stereocenters. The van der Waals surface area contributed by atoms with Crippen molar-refractivity contribution in [3.63, 3.8) is 0 Å². The number of nitrogens with zero attached hydrogens (tertiary/aromatic N) is 1. The lowest BCUT2D eigenvalue weighted by atomic mass is 10.1. The average Bonchev–Trinajstić information content (AvgIpc) is 2.53. The van der Waals surface area contributed by atoms with E-state index in [1.165, 1.54) is 12.1 Å². The Bertz CT molecular complexity index is 419. The molecular formula is C12H14FNO2. The molecule has 4 heteroatoms. The molecule has 1 unspecified atom stereocenters. The minimum atomic E-state index is -0.782. The second-order valence-electron chi connectivity index (χ2n) is 4.17. The standard InChI is InChI=1S/C12H14FNO2/c1-14-10(4-5-12(15)16)6-8-2-3-9(13)7-11(8)14/h2-3,7,10H,4-6H2,1H3,(H,15,16). The maximum Gasteiger partial charge on any atom is 0.303 e. The summed E-state index contributed by atoms with van der Waals surface area (Å²) in [6, 6.07) is 4.91. The number of rotatable bonds is 3. The van der Waals surface area contributed by atoms with E-state index in [0.29, 0.717) is 6.42 Å². The Kier molecular flexibility index (Phi) is 2.81. The number of benzene rings is 1. The molecule has 1 N–H and O–H groups in total. The Morgan fingerprint density at radius 2 is 2.38 bits per heavy atom. The first-order valence-electron chi connectivity index (χ1n) is 5.31. The van der Waals surface area contributed by atoms with Gasteiger partial charge in [-0.1, -0.05) is 6.07 Å². The molecule has 0 saturated carbocycles. The van der Waals surface area contributed by atoms with Crippen molar-refractivity contribution in [1.82, 2.24) is 0 Å². The van der Waals surface area contributed by atoms with Crippen LogP contribution in [0.5, 0.6) is 0 Å². The van der Waals surface area contributed by atoms with Gasteiger partial charge in [0.1, 0.15) is 5.82 Å². The first kappa shape index (κ1) is 10.9. The van der Waals surface area contributed by atoms with E-state index in [1.54, 1.807) is 6.07 Å². The highest BCUT2D eigenvalue weighted by molar-refractivity contribution is 5.67. The molecule has 0 radical (unpaired) electrons. The van der Waals surface area contributed by atoms with E-state index in [1.807, 2.05) is 11.9 Å². The van der Waals surface area contributed by atoms with Gasteiger partial charge < -0.3 is 10.0 Å². The van der Waals surface area contributed by atoms with Crippen molar-refractivity contribution in [2.45, 2.75) is 25.3 Å². The van der Waals surface area contributed by atoms with Crippen LogP contribution in [-0.2, 0) is 11.2 Å². The molecule has 3 nitrogen and oxygen atoms in total. The second kappa shape index (κ2) is 4.12. The number of carbonyl (C=O) groups is 1. The van der Waals surface area contributed by atoms with Gasteiger partial charge in [-0.05, 0) is 30.5 Å². The van der Waals surface area contributed by atoms with E-state index >= 15 is 0 Å². The molecule has 1 heterocycles. The van der Waals surface area contributed by atoms with Gasteiger partial charge in [0.2, 0.25) is 0 Å². The molecule has 16 heavy (non-hydrogen) atoms. The Morgan fingerprint density at radius 1 is 1.62 bits per heavy atom. The van der Waals surface area contributed by atoms with Gasteiger partial charge in [-0.15, -0.1) is 0 Å². The van der Waals surface area contributed by atoms with Crippen LogP contribution in [0.25, 0.3) is 0 Å². The topological polar surface area (TPSA) is 40.5 Å². The van der Waals surface area contributed by atoms with Gasteiger partial charge in [-0.25, -0.2) is 4.39 Å². The average molecular weight is 223 g/mol. The molecule has 0 aliphatic carbocycles. The highest BCUT2D eigenvalue weighted by atomic mass is 19.1. The van der Waals surface area contributed by atoms with Crippen molar-refractivity contribution in [3.05, 3.63) is 29.6 Å². The summed E-state index contributed by atoms with van der Waals surface area (Å²) >= 11 is 0. The number of halogens is 1. The van der Waals surface area contributed by atoms with Crippen LogP contribution >= 0.6 is 0 Å². The zero-order valence-electron chi connectivity index (χ0n) is 9.11. The maximum atomic E-state index is 13.1. The molecule has 0 aromatic heterocycles. The van der Waals surface area contributed by atoms with Gasteiger partial charge in [0.25, 0.3) is 0 Å². The summed E-state index contributed by atoms with van der Waals surface area (Å²) in [4.78, 5) is 12.5. The number of carboxylic acids is 1. The van der Waals surface area contributed by atoms with Crippen molar-refractivity contribution in [1.29, 1.82) is 0 Å². The summed E-state index contributed by atoms with van der Waals surface area (Å²) < 4.78 is 13.1. The van der Waals surface area contributed by atoms with Gasteiger partial charge in [-0.3, -0.25) is 4.79 Å². The summed E-state index contributed by atoms with van der Waals surface area (Å²) in [6.45, 7) is 0. The summed E-state index contributed by atoms with van der Waals surface area (Å²) in [5.41, 5.74) is 1.98. The smallest absolute Gasteiger partial charge is 0.303 e. The van der Waals surface area contributed by atoms with Crippen molar-refractivity contribution >= 4 is 11.7 Å². The monoisotopic (exact) mass is 223 g/mol. The molecule has 86 valence electrons. The molecule has 1 aliphatic rings. The first-order valence-corrected chi connectivity index (χ1v) is 5.31. The summed E-state index contributed by atoms with van der Waals surface area (Å²) in [6.07, 6.45) is 1.56. The van der Waals surface area contributed by atoms with Crippen molar-refractivity contribution in [3.8, 4) is 0 Å². The molecule has 0 fully saturated rings. The van der Waals surface area contributed by atoms with E-state index in [2.05, 4.69) is 0 Å². The van der Waals surface area contributed by atoms with Crippen molar-refractivity contribution < 1.29 is 14.3 Å². The maximum absolute atomic E-state index is 13.1. The first-order chi connectivity index (χ1) is 7.58. The van der Waals surface area contributed by atoms with Crippen LogP contribution in [0.1, 0.15) is 18.4 Å². The molecule has 1 aliphatic heterocycles. The van der Waals surface area contributed by atoms with Crippen LogP contribution in [0, 0.1) is 5.82 Å². The fraction of sp³-hybridized carbons (Fsp3) is 0.417. The lowest BCUT2D eigenvalue weighted by Gasteiger charge is -2.21. The molecule has 2 rings (SSSR count). The van der Waals surface area contributed by atoms with Gasteiger partial charge in [0.15, 0.2) is 0 Å². The number of hydrogen-bond donors (Lipinski definition) is 1. The minimum Gasteiger partial charge on any atom is -0.481 e. The summed E-state index contributed by atoms with van der Waals surface area (Å²) in [5.74, 6) is -1.03. The highest BCUT2D eigenvalue weighted by Gasteiger charge is 2.26.